The molecule has 2 unspecified atom stereocenters. The Morgan fingerprint density at radius 1 is 1.29 bits per heavy atom. The van der Waals surface area contributed by atoms with E-state index in [1.165, 1.54) is 0 Å². The van der Waals surface area contributed by atoms with Gasteiger partial charge >= 0.3 is 11.9 Å². The number of fused-ring (bicyclic) bond motifs is 3. The van der Waals surface area contributed by atoms with Crippen LogP contribution in [0.5, 0.6) is 0 Å². The van der Waals surface area contributed by atoms with Crippen LogP contribution >= 0.6 is 0 Å². The maximum Gasteiger partial charge on any atom is 0.376 e. The average Bonchev–Trinajstić information content (AvgIpc) is 2.27. The zero-order valence-electron chi connectivity index (χ0n) is 9.86. The highest BCUT2D eigenvalue weighted by atomic mass is 19.3. The van der Waals surface area contributed by atoms with Crippen LogP contribution < -0.4 is 0 Å². The van der Waals surface area contributed by atoms with Crippen LogP contribution in [-0.4, -0.2) is 29.7 Å². The minimum Gasteiger partial charge on any atom is -0.461 e. The average molecular weight is 248 g/mol. The standard InChI is InChI=1S/C12H18F2O3/c1-12(13,14)11(16)17-6-9-7-2-4-8(5-3-7)10(9)15/h7-10,15H,2-6H2,1H3. The third-order valence-corrected chi connectivity index (χ3v) is 4.11. The molecule has 0 aromatic rings. The zero-order valence-corrected chi connectivity index (χ0v) is 9.86. The van der Waals surface area contributed by atoms with Crippen molar-refractivity contribution in [3.05, 3.63) is 0 Å². The number of ether oxygens (including phenoxy) is 1. The van der Waals surface area contributed by atoms with Crippen LogP contribution in [0.15, 0.2) is 0 Å². The molecule has 0 aromatic carbocycles. The smallest absolute Gasteiger partial charge is 0.376 e. The van der Waals surface area contributed by atoms with Crippen LogP contribution in [0.3, 0.4) is 0 Å². The number of aliphatic hydroxyl groups excluding tert-OH is 1. The van der Waals surface area contributed by atoms with E-state index >= 15 is 0 Å². The molecule has 0 aromatic heterocycles. The lowest BCUT2D eigenvalue weighted by Gasteiger charge is -2.45. The van der Waals surface area contributed by atoms with Crippen molar-refractivity contribution in [1.82, 2.24) is 0 Å². The number of carbonyl (C=O) groups is 1. The predicted octanol–water partition coefficient (Wildman–Crippen LogP) is 1.98. The largest absolute Gasteiger partial charge is 0.461 e. The van der Waals surface area contributed by atoms with Gasteiger partial charge < -0.3 is 9.84 Å². The summed E-state index contributed by atoms with van der Waals surface area (Å²) in [6.45, 7) is 0.448. The van der Waals surface area contributed by atoms with Crippen molar-refractivity contribution in [3.8, 4) is 0 Å². The Morgan fingerprint density at radius 2 is 1.82 bits per heavy atom. The van der Waals surface area contributed by atoms with Crippen molar-refractivity contribution in [3.63, 3.8) is 0 Å². The van der Waals surface area contributed by atoms with Crippen LogP contribution in [0.4, 0.5) is 8.78 Å². The van der Waals surface area contributed by atoms with E-state index in [1.807, 2.05) is 0 Å². The quantitative estimate of drug-likeness (QED) is 0.777. The van der Waals surface area contributed by atoms with Crippen molar-refractivity contribution in [2.24, 2.45) is 17.8 Å². The lowest BCUT2D eigenvalue weighted by Crippen LogP contribution is -2.46. The number of rotatable bonds is 3. The van der Waals surface area contributed by atoms with Gasteiger partial charge in [0.2, 0.25) is 0 Å². The molecular formula is C12H18F2O3. The molecule has 2 atom stereocenters. The number of carbonyl (C=O) groups excluding carboxylic acids is 1. The molecule has 3 rings (SSSR count). The molecule has 98 valence electrons. The van der Waals surface area contributed by atoms with Crippen LogP contribution in [0.1, 0.15) is 32.6 Å². The summed E-state index contributed by atoms with van der Waals surface area (Å²) in [6.07, 6.45) is 3.51. The van der Waals surface area contributed by atoms with Gasteiger partial charge in [-0.2, -0.15) is 8.78 Å². The molecule has 0 heterocycles. The molecule has 17 heavy (non-hydrogen) atoms. The first-order valence-electron chi connectivity index (χ1n) is 6.12. The molecule has 3 saturated carbocycles. The van der Waals surface area contributed by atoms with Gasteiger partial charge in [-0.15, -0.1) is 0 Å². The third kappa shape index (κ3) is 2.59. The Labute approximate surface area is 99.1 Å². The van der Waals surface area contributed by atoms with E-state index in [2.05, 4.69) is 4.74 Å². The number of esters is 1. The second kappa shape index (κ2) is 4.52. The topological polar surface area (TPSA) is 46.5 Å². The summed E-state index contributed by atoms with van der Waals surface area (Å²) in [5.74, 6) is -4.53. The maximum atomic E-state index is 12.6. The van der Waals surface area contributed by atoms with Gasteiger partial charge in [-0.3, -0.25) is 0 Å². The summed E-state index contributed by atoms with van der Waals surface area (Å²) in [5, 5.41) is 10.00. The number of hydrogen-bond acceptors (Lipinski definition) is 3. The van der Waals surface area contributed by atoms with Crippen LogP contribution in [0, 0.1) is 17.8 Å². The summed E-state index contributed by atoms with van der Waals surface area (Å²) in [7, 11) is 0. The van der Waals surface area contributed by atoms with Gasteiger partial charge in [-0.25, -0.2) is 4.79 Å². The van der Waals surface area contributed by atoms with Crippen molar-refractivity contribution in [2.45, 2.75) is 44.6 Å². The Morgan fingerprint density at radius 3 is 2.29 bits per heavy atom. The van der Waals surface area contributed by atoms with Crippen molar-refractivity contribution >= 4 is 5.97 Å². The van der Waals surface area contributed by atoms with Crippen LogP contribution in [0.25, 0.3) is 0 Å². The fourth-order valence-electron chi connectivity index (χ4n) is 3.08. The number of halogens is 2. The summed E-state index contributed by atoms with van der Waals surface area (Å²) >= 11 is 0. The summed E-state index contributed by atoms with van der Waals surface area (Å²) in [5.41, 5.74) is 0. The first kappa shape index (κ1) is 12.7. The molecule has 3 fully saturated rings. The summed E-state index contributed by atoms with van der Waals surface area (Å²) in [6, 6.07) is 0. The second-order valence-corrected chi connectivity index (χ2v) is 5.32. The van der Waals surface area contributed by atoms with Crippen LogP contribution in [0.2, 0.25) is 0 Å². The second-order valence-electron chi connectivity index (χ2n) is 5.32. The van der Waals surface area contributed by atoms with E-state index in [0.29, 0.717) is 12.8 Å². The van der Waals surface area contributed by atoms with Gasteiger partial charge in [0.15, 0.2) is 0 Å². The summed E-state index contributed by atoms with van der Waals surface area (Å²) in [4.78, 5) is 11.0. The van der Waals surface area contributed by atoms with Crippen molar-refractivity contribution in [1.29, 1.82) is 0 Å². The minimum atomic E-state index is -3.45. The molecule has 0 radical (unpaired) electrons. The molecule has 5 heteroatoms. The normalized spacial score (nSPS) is 36.9. The molecule has 0 saturated heterocycles. The molecule has 3 aliphatic carbocycles. The fraction of sp³-hybridized carbons (Fsp3) is 0.917. The van der Waals surface area contributed by atoms with E-state index in [9.17, 15) is 18.7 Å². The first-order valence-corrected chi connectivity index (χ1v) is 6.12. The predicted molar refractivity (Wildman–Crippen MR) is 56.5 cm³/mol. The molecular weight excluding hydrogens is 230 g/mol. The maximum absolute atomic E-state index is 12.6. The van der Waals surface area contributed by atoms with E-state index in [1.54, 1.807) is 0 Å². The molecule has 3 nitrogen and oxygen atoms in total. The lowest BCUT2D eigenvalue weighted by atomic mass is 9.63. The van der Waals surface area contributed by atoms with Crippen LogP contribution in [-0.2, 0) is 9.53 Å². The van der Waals surface area contributed by atoms with E-state index in [4.69, 9.17) is 0 Å². The molecule has 0 amide bonds. The Kier molecular flexibility index (Phi) is 3.39. The third-order valence-electron chi connectivity index (χ3n) is 4.11. The molecule has 3 aliphatic rings. The number of aliphatic hydroxyl groups is 1. The highest BCUT2D eigenvalue weighted by molar-refractivity contribution is 5.76. The first-order chi connectivity index (χ1) is 7.89. The Hall–Kier alpha value is -0.710. The van der Waals surface area contributed by atoms with E-state index < -0.39 is 18.0 Å². The fourth-order valence-corrected chi connectivity index (χ4v) is 3.08. The van der Waals surface area contributed by atoms with E-state index in [0.717, 1.165) is 25.7 Å². The Bertz CT molecular complexity index is 291. The van der Waals surface area contributed by atoms with Crippen molar-refractivity contribution < 1.29 is 23.4 Å². The highest BCUT2D eigenvalue weighted by Crippen LogP contribution is 2.45. The molecule has 1 N–H and O–H groups in total. The number of hydrogen-bond donors (Lipinski definition) is 1. The van der Waals surface area contributed by atoms with Crippen molar-refractivity contribution in [2.75, 3.05) is 6.61 Å². The van der Waals surface area contributed by atoms with Gasteiger partial charge in [0.1, 0.15) is 0 Å². The van der Waals surface area contributed by atoms with E-state index in [-0.39, 0.29) is 18.4 Å². The molecule has 0 spiro atoms. The van der Waals surface area contributed by atoms with Gasteiger partial charge in [-0.1, -0.05) is 0 Å². The zero-order chi connectivity index (χ0) is 12.6. The molecule has 2 bridgehead atoms. The minimum absolute atomic E-state index is 0.0788. The van der Waals surface area contributed by atoms with Gasteiger partial charge in [0.05, 0.1) is 12.7 Å². The van der Waals surface area contributed by atoms with Gasteiger partial charge in [0.25, 0.3) is 0 Å². The molecule has 0 aliphatic heterocycles. The van der Waals surface area contributed by atoms with Gasteiger partial charge in [0, 0.05) is 12.8 Å². The summed E-state index contributed by atoms with van der Waals surface area (Å²) < 4.78 is 29.9. The number of alkyl halides is 2. The van der Waals surface area contributed by atoms with Gasteiger partial charge in [-0.05, 0) is 37.5 Å². The lowest BCUT2D eigenvalue weighted by molar-refractivity contribution is -0.175. The Balaban J connectivity index is 1.89. The SMILES string of the molecule is CC(F)(F)C(=O)OCC1C2CCC(CC2)C1O. The highest BCUT2D eigenvalue weighted by Gasteiger charge is 2.44. The monoisotopic (exact) mass is 248 g/mol.